The maximum Gasteiger partial charge on any atom is 0.239 e. The Hall–Kier alpha value is -2.48. The van der Waals surface area contributed by atoms with Crippen LogP contribution in [0.3, 0.4) is 0 Å². The van der Waals surface area contributed by atoms with E-state index in [1.807, 2.05) is 31.2 Å². The highest BCUT2D eigenvalue weighted by Crippen LogP contribution is 2.09. The standard InChI is InChI=1S/C21H29N3O4S/c1-14(15(2)25)12-29-13-21(28)23-11-20(27)24-19(16(3)26)9-17-6-5-7-18(8-17)10-22-4/h5-8,10,14,19H,9,11-13H2,1-4H3,(H,23,28)(H,24,27)/b22-10+/t14-,19-/m0/s1. The van der Waals surface area contributed by atoms with Crippen LogP contribution in [0.4, 0.5) is 0 Å². The fourth-order valence-corrected chi connectivity index (χ4v) is 3.40. The quantitative estimate of drug-likeness (QED) is 0.499. The summed E-state index contributed by atoms with van der Waals surface area (Å²) in [6.45, 7) is 4.56. The minimum Gasteiger partial charge on any atom is -0.346 e. The number of hydrogen-bond acceptors (Lipinski definition) is 6. The Balaban J connectivity index is 2.48. The van der Waals surface area contributed by atoms with Gasteiger partial charge in [0.15, 0.2) is 5.78 Å². The summed E-state index contributed by atoms with van der Waals surface area (Å²) in [5.74, 6) is -0.155. The highest BCUT2D eigenvalue weighted by Gasteiger charge is 2.18. The van der Waals surface area contributed by atoms with Gasteiger partial charge in [0.05, 0.1) is 18.3 Å². The van der Waals surface area contributed by atoms with E-state index in [0.29, 0.717) is 12.2 Å². The summed E-state index contributed by atoms with van der Waals surface area (Å²) in [5, 5.41) is 5.21. The van der Waals surface area contributed by atoms with Crippen molar-refractivity contribution >= 4 is 41.4 Å². The number of ketones is 2. The molecule has 1 aromatic carbocycles. The molecule has 0 unspecified atom stereocenters. The molecule has 7 nitrogen and oxygen atoms in total. The van der Waals surface area contributed by atoms with E-state index in [2.05, 4.69) is 15.6 Å². The largest absolute Gasteiger partial charge is 0.346 e. The average molecular weight is 420 g/mol. The van der Waals surface area contributed by atoms with Gasteiger partial charge < -0.3 is 10.6 Å². The molecule has 1 aromatic rings. The van der Waals surface area contributed by atoms with E-state index < -0.39 is 11.9 Å². The molecular weight excluding hydrogens is 390 g/mol. The van der Waals surface area contributed by atoms with Crippen LogP contribution in [0.1, 0.15) is 31.9 Å². The molecule has 0 aromatic heterocycles. The first-order valence-corrected chi connectivity index (χ1v) is 10.5. The van der Waals surface area contributed by atoms with Gasteiger partial charge in [-0.2, -0.15) is 11.8 Å². The van der Waals surface area contributed by atoms with Crippen LogP contribution in [0.5, 0.6) is 0 Å². The SMILES string of the molecule is C/N=C/c1cccc(C[C@H](NC(=O)CNC(=O)CSC[C@H](C)C(C)=O)C(C)=O)c1. The van der Waals surface area contributed by atoms with Gasteiger partial charge in [-0.25, -0.2) is 0 Å². The Morgan fingerprint density at radius 1 is 1.14 bits per heavy atom. The van der Waals surface area contributed by atoms with Crippen LogP contribution < -0.4 is 10.6 Å². The van der Waals surface area contributed by atoms with Gasteiger partial charge in [0, 0.05) is 24.9 Å². The van der Waals surface area contributed by atoms with Crippen LogP contribution in [0, 0.1) is 5.92 Å². The minimum absolute atomic E-state index is 0.0834. The fraction of sp³-hybridized carbons (Fsp3) is 0.476. The molecule has 0 fully saturated rings. The summed E-state index contributed by atoms with van der Waals surface area (Å²) in [4.78, 5) is 51.1. The van der Waals surface area contributed by atoms with Crippen molar-refractivity contribution in [2.45, 2.75) is 33.2 Å². The number of thioether (sulfide) groups is 1. The number of amides is 2. The van der Waals surface area contributed by atoms with Crippen LogP contribution in [-0.2, 0) is 25.6 Å². The maximum absolute atomic E-state index is 12.1. The second kappa shape index (κ2) is 12.9. The van der Waals surface area contributed by atoms with Gasteiger partial charge in [0.25, 0.3) is 0 Å². The van der Waals surface area contributed by atoms with Gasteiger partial charge in [-0.1, -0.05) is 31.2 Å². The monoisotopic (exact) mass is 419 g/mol. The fourth-order valence-electron chi connectivity index (χ4n) is 2.40. The van der Waals surface area contributed by atoms with Gasteiger partial charge in [-0.15, -0.1) is 0 Å². The second-order valence-electron chi connectivity index (χ2n) is 6.87. The Morgan fingerprint density at radius 3 is 2.48 bits per heavy atom. The third kappa shape index (κ3) is 10.0. The number of hydrogen-bond donors (Lipinski definition) is 2. The van der Waals surface area contributed by atoms with Crippen LogP contribution in [0.25, 0.3) is 0 Å². The van der Waals surface area contributed by atoms with Gasteiger partial charge in [0.1, 0.15) is 5.78 Å². The number of nitrogens with zero attached hydrogens (tertiary/aromatic N) is 1. The molecule has 0 saturated carbocycles. The summed E-state index contributed by atoms with van der Waals surface area (Å²) in [7, 11) is 1.68. The molecule has 0 radical (unpaired) electrons. The highest BCUT2D eigenvalue weighted by atomic mass is 32.2. The summed E-state index contributed by atoms with van der Waals surface area (Å²) < 4.78 is 0. The van der Waals surface area contributed by atoms with Crippen molar-refractivity contribution in [2.24, 2.45) is 10.9 Å². The van der Waals surface area contributed by atoms with Crippen molar-refractivity contribution in [3.63, 3.8) is 0 Å². The van der Waals surface area contributed by atoms with E-state index >= 15 is 0 Å². The summed E-state index contributed by atoms with van der Waals surface area (Å²) in [5.41, 5.74) is 1.82. The summed E-state index contributed by atoms with van der Waals surface area (Å²) in [6, 6.07) is 6.91. The van der Waals surface area contributed by atoms with E-state index in [1.165, 1.54) is 25.6 Å². The molecular formula is C21H29N3O4S. The lowest BCUT2D eigenvalue weighted by molar-refractivity contribution is -0.127. The number of carbonyl (C=O) groups excluding carboxylic acids is 4. The highest BCUT2D eigenvalue weighted by molar-refractivity contribution is 7.99. The van der Waals surface area contributed by atoms with Crippen LogP contribution in [0.2, 0.25) is 0 Å². The lowest BCUT2D eigenvalue weighted by atomic mass is 10.0. The number of rotatable bonds is 12. The predicted molar refractivity (Wildman–Crippen MR) is 116 cm³/mol. The van der Waals surface area contributed by atoms with E-state index in [1.54, 1.807) is 13.3 Å². The molecule has 2 N–H and O–H groups in total. The Labute approximate surface area is 176 Å². The van der Waals surface area contributed by atoms with Gasteiger partial charge in [-0.3, -0.25) is 24.2 Å². The number of carbonyl (C=O) groups is 4. The van der Waals surface area contributed by atoms with E-state index in [0.717, 1.165) is 11.1 Å². The molecule has 0 heterocycles. The summed E-state index contributed by atoms with van der Waals surface area (Å²) >= 11 is 1.35. The Morgan fingerprint density at radius 2 is 1.86 bits per heavy atom. The molecule has 1 rings (SSSR count). The zero-order valence-electron chi connectivity index (χ0n) is 17.4. The average Bonchev–Trinajstić information content (AvgIpc) is 2.66. The lowest BCUT2D eigenvalue weighted by Gasteiger charge is -2.16. The zero-order valence-corrected chi connectivity index (χ0v) is 18.2. The molecule has 0 aliphatic rings. The van der Waals surface area contributed by atoms with Crippen LogP contribution in [-0.4, -0.2) is 60.7 Å². The molecule has 0 spiro atoms. The van der Waals surface area contributed by atoms with Crippen LogP contribution >= 0.6 is 11.8 Å². The maximum atomic E-state index is 12.1. The number of Topliss-reactive ketones (excluding diaryl/α,β-unsaturated/α-hetero) is 2. The predicted octanol–water partition coefficient (Wildman–Crippen LogP) is 1.43. The van der Waals surface area contributed by atoms with E-state index in [-0.39, 0.29) is 35.7 Å². The second-order valence-corrected chi connectivity index (χ2v) is 7.90. The van der Waals surface area contributed by atoms with Gasteiger partial charge >= 0.3 is 0 Å². The van der Waals surface area contributed by atoms with Crippen LogP contribution in [0.15, 0.2) is 29.3 Å². The number of nitrogens with one attached hydrogen (secondary N) is 2. The zero-order chi connectivity index (χ0) is 21.8. The molecule has 0 saturated heterocycles. The molecule has 2 atom stereocenters. The van der Waals surface area contributed by atoms with Crippen molar-refractivity contribution < 1.29 is 19.2 Å². The molecule has 158 valence electrons. The first-order chi connectivity index (χ1) is 13.7. The van der Waals surface area contributed by atoms with Gasteiger partial charge in [0.2, 0.25) is 11.8 Å². The third-order valence-corrected chi connectivity index (χ3v) is 5.44. The van der Waals surface area contributed by atoms with Crippen molar-refractivity contribution in [3.05, 3.63) is 35.4 Å². The smallest absolute Gasteiger partial charge is 0.239 e. The molecule has 0 aliphatic heterocycles. The summed E-state index contributed by atoms with van der Waals surface area (Å²) in [6.07, 6.45) is 2.08. The van der Waals surface area contributed by atoms with Crippen molar-refractivity contribution in [3.8, 4) is 0 Å². The number of benzene rings is 1. The van der Waals surface area contributed by atoms with Crippen molar-refractivity contribution in [2.75, 3.05) is 25.1 Å². The molecule has 2 amide bonds. The Bertz CT molecular complexity index is 764. The Kier molecular flexibility index (Phi) is 10.9. The molecule has 8 heteroatoms. The first kappa shape index (κ1) is 24.6. The molecule has 29 heavy (non-hydrogen) atoms. The lowest BCUT2D eigenvalue weighted by Crippen LogP contribution is -2.46. The first-order valence-electron chi connectivity index (χ1n) is 9.38. The van der Waals surface area contributed by atoms with Crippen molar-refractivity contribution in [1.29, 1.82) is 0 Å². The molecule has 0 bridgehead atoms. The van der Waals surface area contributed by atoms with Crippen molar-refractivity contribution in [1.82, 2.24) is 10.6 Å². The van der Waals surface area contributed by atoms with E-state index in [9.17, 15) is 19.2 Å². The number of aliphatic imine (C=N–C) groups is 1. The minimum atomic E-state index is -0.668. The third-order valence-electron chi connectivity index (χ3n) is 4.24. The molecule has 0 aliphatic carbocycles. The van der Waals surface area contributed by atoms with E-state index in [4.69, 9.17) is 0 Å². The van der Waals surface area contributed by atoms with Gasteiger partial charge in [-0.05, 0) is 31.4 Å². The normalized spacial score (nSPS) is 13.0. The topological polar surface area (TPSA) is 105 Å².